The molecule has 0 spiro atoms. The number of benzene rings is 1. The van der Waals surface area contributed by atoms with E-state index < -0.39 is 12.5 Å². The number of halogens is 2. The fourth-order valence-corrected chi connectivity index (χ4v) is 2.26. The lowest BCUT2D eigenvalue weighted by atomic mass is 10.3. The molecule has 1 aromatic carbocycles. The van der Waals surface area contributed by atoms with Gasteiger partial charge in [0.05, 0.1) is 5.69 Å². The molecule has 1 fully saturated rings. The van der Waals surface area contributed by atoms with Crippen molar-refractivity contribution < 1.29 is 18.3 Å². The summed E-state index contributed by atoms with van der Waals surface area (Å²) in [5.41, 5.74) is 0.726. The summed E-state index contributed by atoms with van der Waals surface area (Å²) in [6, 6.07) is 8.72. The van der Waals surface area contributed by atoms with Gasteiger partial charge >= 0.3 is 6.61 Å². The lowest BCUT2D eigenvalue weighted by molar-refractivity contribution is -0.117. The molecule has 8 heteroatoms. The maximum absolute atomic E-state index is 12.2. The third-order valence-electron chi connectivity index (χ3n) is 3.52. The molecule has 24 heavy (non-hydrogen) atoms. The maximum atomic E-state index is 12.2. The number of nitrogens with zero attached hydrogens (tertiary/aromatic N) is 2. The molecule has 0 aliphatic heterocycles. The van der Waals surface area contributed by atoms with Crippen LogP contribution in [0.5, 0.6) is 5.75 Å². The Morgan fingerprint density at radius 1 is 1.33 bits per heavy atom. The van der Waals surface area contributed by atoms with Crippen molar-refractivity contribution in [3.8, 4) is 5.75 Å². The van der Waals surface area contributed by atoms with Gasteiger partial charge in [-0.2, -0.15) is 13.9 Å². The highest BCUT2D eigenvalue weighted by Gasteiger charge is 2.25. The number of anilines is 1. The van der Waals surface area contributed by atoms with Crippen molar-refractivity contribution in [3.05, 3.63) is 52.4 Å². The molecule has 0 unspecified atom stereocenters. The van der Waals surface area contributed by atoms with Crippen LogP contribution in [0.3, 0.4) is 0 Å². The first-order chi connectivity index (χ1) is 11.5. The summed E-state index contributed by atoms with van der Waals surface area (Å²) in [6.07, 6.45) is 2.07. The molecule has 1 aliphatic carbocycles. The van der Waals surface area contributed by atoms with E-state index in [-0.39, 0.29) is 17.9 Å². The number of hydrogen-bond donors (Lipinski definition) is 1. The number of rotatable bonds is 6. The molecule has 0 radical (unpaired) electrons. The second kappa shape index (κ2) is 6.77. The number of aromatic nitrogens is 2. The summed E-state index contributed by atoms with van der Waals surface area (Å²) < 4.78 is 29.8. The smallest absolute Gasteiger partial charge is 0.387 e. The highest BCUT2D eigenvalue weighted by Crippen LogP contribution is 2.38. The van der Waals surface area contributed by atoms with Gasteiger partial charge in [-0.05, 0) is 31.0 Å². The number of ether oxygens (including phenoxy) is 1. The summed E-state index contributed by atoms with van der Waals surface area (Å²) >= 11 is 0. The molecule has 0 saturated heterocycles. The lowest BCUT2D eigenvalue weighted by Crippen LogP contribution is -2.29. The van der Waals surface area contributed by atoms with E-state index in [0.29, 0.717) is 11.6 Å². The van der Waals surface area contributed by atoms with Crippen molar-refractivity contribution in [1.29, 1.82) is 0 Å². The predicted molar refractivity (Wildman–Crippen MR) is 82.2 cm³/mol. The lowest BCUT2D eigenvalue weighted by Gasteiger charge is -2.09. The summed E-state index contributed by atoms with van der Waals surface area (Å²) in [4.78, 5) is 23.9. The van der Waals surface area contributed by atoms with Crippen molar-refractivity contribution in [2.45, 2.75) is 31.9 Å². The quantitative estimate of drug-likeness (QED) is 0.879. The van der Waals surface area contributed by atoms with Crippen LogP contribution < -0.4 is 15.6 Å². The Labute approximate surface area is 136 Å². The Morgan fingerprint density at radius 3 is 2.83 bits per heavy atom. The minimum atomic E-state index is -2.94. The maximum Gasteiger partial charge on any atom is 0.387 e. The largest absolute Gasteiger partial charge is 0.435 e. The predicted octanol–water partition coefficient (Wildman–Crippen LogP) is 2.36. The van der Waals surface area contributed by atoms with Crippen molar-refractivity contribution in [1.82, 2.24) is 9.78 Å². The number of amides is 1. The Morgan fingerprint density at radius 2 is 2.12 bits per heavy atom. The van der Waals surface area contributed by atoms with Gasteiger partial charge in [0.25, 0.3) is 5.56 Å². The topological polar surface area (TPSA) is 73.2 Å². The van der Waals surface area contributed by atoms with Crippen LogP contribution in [0.4, 0.5) is 14.5 Å². The van der Waals surface area contributed by atoms with Crippen molar-refractivity contribution in [3.63, 3.8) is 0 Å². The van der Waals surface area contributed by atoms with E-state index in [1.807, 2.05) is 0 Å². The second-order valence-corrected chi connectivity index (χ2v) is 5.48. The van der Waals surface area contributed by atoms with Crippen molar-refractivity contribution in [2.75, 3.05) is 5.32 Å². The first kappa shape index (κ1) is 16.1. The number of alkyl halides is 2. The molecule has 1 N–H and O–H groups in total. The monoisotopic (exact) mass is 335 g/mol. The van der Waals surface area contributed by atoms with Gasteiger partial charge in [-0.25, -0.2) is 4.68 Å². The summed E-state index contributed by atoms with van der Waals surface area (Å²) in [7, 11) is 0. The van der Waals surface area contributed by atoms with Crippen molar-refractivity contribution in [2.24, 2.45) is 0 Å². The molecule has 1 amide bonds. The normalized spacial score (nSPS) is 13.8. The molecule has 1 aliphatic rings. The van der Waals surface area contributed by atoms with Crippen LogP contribution in [0.1, 0.15) is 24.5 Å². The van der Waals surface area contributed by atoms with Crippen LogP contribution in [-0.2, 0) is 11.3 Å². The number of carbonyl (C=O) groups is 1. The zero-order valence-electron chi connectivity index (χ0n) is 12.6. The van der Waals surface area contributed by atoms with Gasteiger partial charge in [0.1, 0.15) is 12.3 Å². The molecular weight excluding hydrogens is 320 g/mol. The van der Waals surface area contributed by atoms with Crippen LogP contribution >= 0.6 is 0 Å². The van der Waals surface area contributed by atoms with E-state index in [1.54, 1.807) is 6.07 Å². The van der Waals surface area contributed by atoms with Crippen LogP contribution in [-0.4, -0.2) is 22.3 Å². The van der Waals surface area contributed by atoms with Gasteiger partial charge < -0.3 is 10.1 Å². The molecule has 3 rings (SSSR count). The molecular formula is C16H15F2N3O3. The molecule has 6 nitrogen and oxygen atoms in total. The van der Waals surface area contributed by atoms with Crippen molar-refractivity contribution >= 4 is 11.6 Å². The van der Waals surface area contributed by atoms with E-state index in [0.717, 1.165) is 23.2 Å². The van der Waals surface area contributed by atoms with Gasteiger partial charge in [-0.1, -0.05) is 6.07 Å². The van der Waals surface area contributed by atoms with E-state index in [1.165, 1.54) is 30.3 Å². The Bertz CT molecular complexity index is 803. The number of carbonyl (C=O) groups excluding carboxylic acids is 1. The zero-order valence-corrected chi connectivity index (χ0v) is 12.6. The summed E-state index contributed by atoms with van der Waals surface area (Å²) in [5.74, 6) is -0.177. The molecule has 1 saturated carbocycles. The van der Waals surface area contributed by atoms with Gasteiger partial charge in [-0.3, -0.25) is 9.59 Å². The summed E-state index contributed by atoms with van der Waals surface area (Å²) in [5, 5.41) is 6.72. The average Bonchev–Trinajstić information content (AvgIpc) is 3.34. The van der Waals surface area contributed by atoms with E-state index in [4.69, 9.17) is 0 Å². The molecule has 126 valence electrons. The SMILES string of the molecule is O=C(Cn1nc(C2CC2)ccc1=O)Nc1cccc(OC(F)F)c1. The highest BCUT2D eigenvalue weighted by molar-refractivity contribution is 5.90. The number of nitrogens with one attached hydrogen (secondary N) is 1. The van der Waals surface area contributed by atoms with Gasteiger partial charge in [0.2, 0.25) is 5.91 Å². The Hall–Kier alpha value is -2.77. The first-order valence-electron chi connectivity index (χ1n) is 7.44. The van der Waals surface area contributed by atoms with Crippen LogP contribution in [0.25, 0.3) is 0 Å². The standard InChI is InChI=1S/C16H15F2N3O3/c17-16(18)24-12-3-1-2-11(8-12)19-14(22)9-21-15(23)7-6-13(20-21)10-4-5-10/h1-3,6-8,10,16H,4-5,9H2,(H,19,22). The van der Waals surface area contributed by atoms with Crippen LogP contribution in [0, 0.1) is 0 Å². The zero-order chi connectivity index (χ0) is 17.1. The number of hydrogen-bond acceptors (Lipinski definition) is 4. The summed E-state index contributed by atoms with van der Waals surface area (Å²) in [6.45, 7) is -3.19. The molecule has 0 atom stereocenters. The van der Waals surface area contributed by atoms with Crippen LogP contribution in [0.15, 0.2) is 41.2 Å². The van der Waals surface area contributed by atoms with Gasteiger partial charge in [0, 0.05) is 23.7 Å². The third-order valence-corrected chi connectivity index (χ3v) is 3.52. The highest BCUT2D eigenvalue weighted by atomic mass is 19.3. The minimum Gasteiger partial charge on any atom is -0.435 e. The molecule has 2 aromatic rings. The minimum absolute atomic E-state index is 0.0613. The second-order valence-electron chi connectivity index (χ2n) is 5.48. The Balaban J connectivity index is 1.67. The molecule has 1 heterocycles. The fraction of sp³-hybridized carbons (Fsp3) is 0.312. The van der Waals surface area contributed by atoms with Gasteiger partial charge in [-0.15, -0.1) is 0 Å². The Kier molecular flexibility index (Phi) is 4.54. The van der Waals surface area contributed by atoms with Gasteiger partial charge in [0.15, 0.2) is 0 Å². The van der Waals surface area contributed by atoms with E-state index >= 15 is 0 Å². The first-order valence-corrected chi connectivity index (χ1v) is 7.44. The van der Waals surface area contributed by atoms with E-state index in [2.05, 4.69) is 15.2 Å². The van der Waals surface area contributed by atoms with Crippen LogP contribution in [0.2, 0.25) is 0 Å². The third kappa shape index (κ3) is 4.15. The fourth-order valence-electron chi connectivity index (χ4n) is 2.26. The molecule has 1 aromatic heterocycles. The molecule has 0 bridgehead atoms. The van der Waals surface area contributed by atoms with E-state index in [9.17, 15) is 18.4 Å². The average molecular weight is 335 g/mol.